The van der Waals surface area contributed by atoms with E-state index in [0.29, 0.717) is 48.4 Å². The van der Waals surface area contributed by atoms with Crippen molar-refractivity contribution in [1.82, 2.24) is 5.32 Å². The second-order valence-corrected chi connectivity index (χ2v) is 7.86. The number of azide groups is 1. The molecule has 2 rings (SSSR count). The minimum atomic E-state index is -0.802. The lowest BCUT2D eigenvalue weighted by Crippen LogP contribution is -2.35. The van der Waals surface area contributed by atoms with E-state index in [4.69, 9.17) is 40.8 Å². The van der Waals surface area contributed by atoms with Crippen molar-refractivity contribution in [2.24, 2.45) is 5.11 Å². The van der Waals surface area contributed by atoms with E-state index < -0.39 is 17.9 Å². The summed E-state index contributed by atoms with van der Waals surface area (Å²) >= 11 is 6.49. The first-order valence-corrected chi connectivity index (χ1v) is 11.8. The Balaban J connectivity index is 2.16. The fourth-order valence-electron chi connectivity index (χ4n) is 3.63. The van der Waals surface area contributed by atoms with Gasteiger partial charge in [-0.3, -0.25) is 0 Å². The maximum atomic E-state index is 13.1. The Hall–Kier alpha value is -3.08. The van der Waals surface area contributed by atoms with Gasteiger partial charge in [0.25, 0.3) is 0 Å². The fraction of sp³-hybridized carbons (Fsp3) is 0.500. The maximum absolute atomic E-state index is 13.1. The zero-order valence-corrected chi connectivity index (χ0v) is 21.4. The highest BCUT2D eigenvalue weighted by Crippen LogP contribution is 2.41. The van der Waals surface area contributed by atoms with Crippen LogP contribution >= 0.6 is 11.6 Å². The first kappa shape index (κ1) is 29.2. The van der Waals surface area contributed by atoms with Crippen LogP contribution in [0.15, 0.2) is 51.9 Å². The van der Waals surface area contributed by atoms with Gasteiger partial charge in [-0.15, -0.1) is 0 Å². The summed E-state index contributed by atoms with van der Waals surface area (Å²) in [6, 6.07) is 7.00. The van der Waals surface area contributed by atoms with Crippen LogP contribution in [0.5, 0.6) is 0 Å². The molecule has 0 aliphatic carbocycles. The standard InChI is InChI=1S/C24H31ClN4O7/c1-4-36-24(31)22-19(15-35-14-13-34-12-11-33-10-9-27-29-26)28-16(2)20(23(30)32-3)21(22)17-7-5-6-8-18(17)25/h5-8,21,28H,4,9-15H2,1-3H3. The molecule has 1 atom stereocenters. The molecule has 0 saturated carbocycles. The number of nitrogens with zero attached hydrogens (tertiary/aromatic N) is 3. The summed E-state index contributed by atoms with van der Waals surface area (Å²) in [5, 5.41) is 6.89. The molecular formula is C24H31ClN4O7. The Morgan fingerprint density at radius 1 is 1.06 bits per heavy atom. The number of hydrogen-bond acceptors (Lipinski definition) is 9. The Kier molecular flexibility index (Phi) is 12.8. The van der Waals surface area contributed by atoms with Crippen LogP contribution < -0.4 is 5.32 Å². The fourth-order valence-corrected chi connectivity index (χ4v) is 3.87. The lowest BCUT2D eigenvalue weighted by atomic mass is 9.80. The van der Waals surface area contributed by atoms with Crippen molar-refractivity contribution < 1.29 is 33.3 Å². The minimum Gasteiger partial charge on any atom is -0.466 e. The molecule has 0 bridgehead atoms. The molecule has 0 amide bonds. The average Bonchev–Trinajstić information content (AvgIpc) is 2.86. The Bertz CT molecular complexity index is 1020. The van der Waals surface area contributed by atoms with Crippen molar-refractivity contribution in [3.05, 3.63) is 67.8 Å². The molecule has 1 aliphatic rings. The van der Waals surface area contributed by atoms with Gasteiger partial charge < -0.3 is 29.0 Å². The van der Waals surface area contributed by atoms with E-state index in [1.165, 1.54) is 7.11 Å². The van der Waals surface area contributed by atoms with Crippen LogP contribution in [-0.2, 0) is 33.3 Å². The minimum absolute atomic E-state index is 0.0485. The number of carbonyl (C=O) groups is 2. The Morgan fingerprint density at radius 2 is 1.72 bits per heavy atom. The molecule has 36 heavy (non-hydrogen) atoms. The zero-order valence-electron chi connectivity index (χ0n) is 20.6. The summed E-state index contributed by atoms with van der Waals surface area (Å²) in [4.78, 5) is 28.5. The van der Waals surface area contributed by atoms with E-state index in [1.807, 2.05) is 0 Å². The molecule has 0 fully saturated rings. The first-order valence-electron chi connectivity index (χ1n) is 11.4. The van der Waals surface area contributed by atoms with Crippen LogP contribution in [0.3, 0.4) is 0 Å². The molecule has 1 heterocycles. The van der Waals surface area contributed by atoms with Crippen molar-refractivity contribution in [1.29, 1.82) is 0 Å². The number of hydrogen-bond donors (Lipinski definition) is 1. The summed E-state index contributed by atoms with van der Waals surface area (Å²) in [6.07, 6.45) is 0. The number of methoxy groups -OCH3 is 1. The molecule has 0 radical (unpaired) electrons. The number of ether oxygens (including phenoxy) is 5. The lowest BCUT2D eigenvalue weighted by molar-refractivity contribution is -0.139. The third-order valence-corrected chi connectivity index (χ3v) is 5.50. The molecule has 1 aromatic carbocycles. The van der Waals surface area contributed by atoms with Gasteiger partial charge >= 0.3 is 11.9 Å². The highest BCUT2D eigenvalue weighted by atomic mass is 35.5. The van der Waals surface area contributed by atoms with E-state index in [1.54, 1.807) is 38.1 Å². The summed E-state index contributed by atoms with van der Waals surface area (Å²) in [7, 11) is 1.28. The second kappa shape index (κ2) is 15.8. The van der Waals surface area contributed by atoms with Gasteiger partial charge in [0.05, 0.1) is 76.1 Å². The Labute approximate surface area is 214 Å². The predicted octanol–water partition coefficient (Wildman–Crippen LogP) is 3.65. The second-order valence-electron chi connectivity index (χ2n) is 7.45. The average molecular weight is 523 g/mol. The molecule has 11 nitrogen and oxygen atoms in total. The summed E-state index contributed by atoms with van der Waals surface area (Å²) in [5.74, 6) is -1.97. The van der Waals surface area contributed by atoms with Crippen molar-refractivity contribution in [2.45, 2.75) is 19.8 Å². The van der Waals surface area contributed by atoms with Gasteiger partial charge in [0.1, 0.15) is 0 Å². The van der Waals surface area contributed by atoms with Crippen molar-refractivity contribution in [3.63, 3.8) is 0 Å². The summed E-state index contributed by atoms with van der Waals surface area (Å²) < 4.78 is 26.8. The highest BCUT2D eigenvalue weighted by molar-refractivity contribution is 6.31. The zero-order chi connectivity index (χ0) is 26.3. The molecule has 0 aromatic heterocycles. The topological polar surface area (TPSA) is 141 Å². The number of rotatable bonds is 15. The van der Waals surface area contributed by atoms with Crippen molar-refractivity contribution in [3.8, 4) is 0 Å². The first-order chi connectivity index (χ1) is 17.5. The van der Waals surface area contributed by atoms with E-state index in [0.717, 1.165) is 0 Å². The van der Waals surface area contributed by atoms with E-state index >= 15 is 0 Å². The van der Waals surface area contributed by atoms with E-state index in [2.05, 4.69) is 15.3 Å². The predicted molar refractivity (Wildman–Crippen MR) is 132 cm³/mol. The molecule has 12 heteroatoms. The number of dihydropyridines is 1. The van der Waals surface area contributed by atoms with Gasteiger partial charge in [-0.25, -0.2) is 9.59 Å². The third kappa shape index (κ3) is 8.25. The van der Waals surface area contributed by atoms with Gasteiger partial charge in [0.2, 0.25) is 0 Å². The largest absolute Gasteiger partial charge is 0.466 e. The molecule has 0 saturated heterocycles. The molecule has 1 N–H and O–H groups in total. The number of halogens is 1. The SMILES string of the molecule is CCOC(=O)C1=C(COCCOCCOCCN=[N+]=[N-])NC(C)=C(C(=O)OC)C1c1ccccc1Cl. The van der Waals surface area contributed by atoms with Crippen LogP contribution in [-0.4, -0.2) is 71.8 Å². The van der Waals surface area contributed by atoms with Crippen LogP contribution in [0.4, 0.5) is 0 Å². The molecule has 196 valence electrons. The lowest BCUT2D eigenvalue weighted by Gasteiger charge is -2.31. The van der Waals surface area contributed by atoms with Crippen molar-refractivity contribution >= 4 is 23.5 Å². The van der Waals surface area contributed by atoms with Crippen molar-refractivity contribution in [2.75, 3.05) is 59.9 Å². The molecule has 1 aliphatic heterocycles. The van der Waals surface area contributed by atoms with Crippen LogP contribution in [0.25, 0.3) is 10.4 Å². The third-order valence-electron chi connectivity index (χ3n) is 5.15. The van der Waals surface area contributed by atoms with E-state index in [-0.39, 0.29) is 37.5 Å². The quantitative estimate of drug-likeness (QED) is 0.121. The maximum Gasteiger partial charge on any atom is 0.336 e. The van der Waals surface area contributed by atoms with Gasteiger partial charge in [0.15, 0.2) is 0 Å². The smallest absolute Gasteiger partial charge is 0.336 e. The normalized spacial score (nSPS) is 15.3. The number of benzene rings is 1. The van der Waals surface area contributed by atoms with Gasteiger partial charge in [-0.2, -0.15) is 0 Å². The molecule has 0 spiro atoms. The Morgan fingerprint density at radius 3 is 2.36 bits per heavy atom. The van der Waals surface area contributed by atoms with Crippen LogP contribution in [0, 0.1) is 0 Å². The monoisotopic (exact) mass is 522 g/mol. The van der Waals surface area contributed by atoms with Gasteiger partial charge in [-0.05, 0) is 31.0 Å². The number of esters is 2. The number of allylic oxidation sites excluding steroid dienone is 1. The molecular weight excluding hydrogens is 492 g/mol. The van der Waals surface area contributed by atoms with Crippen LogP contribution in [0.2, 0.25) is 5.02 Å². The van der Waals surface area contributed by atoms with E-state index in [9.17, 15) is 9.59 Å². The number of carbonyl (C=O) groups excluding carboxylic acids is 2. The molecule has 1 unspecified atom stereocenters. The van der Waals surface area contributed by atoms with Gasteiger partial charge in [0, 0.05) is 22.2 Å². The summed E-state index contributed by atoms with van der Waals surface area (Å²) in [5.41, 5.74) is 10.3. The number of nitrogens with one attached hydrogen (secondary N) is 1. The highest BCUT2D eigenvalue weighted by Gasteiger charge is 2.39. The summed E-state index contributed by atoms with van der Waals surface area (Å²) in [6.45, 7) is 5.50. The van der Waals surface area contributed by atoms with Gasteiger partial charge in [-0.1, -0.05) is 34.9 Å². The molecule has 1 aromatic rings. The van der Waals surface area contributed by atoms with Crippen LogP contribution in [0.1, 0.15) is 25.3 Å².